The van der Waals surface area contributed by atoms with Gasteiger partial charge in [0.2, 0.25) is 0 Å². The second kappa shape index (κ2) is 6.38. The first kappa shape index (κ1) is 12.0. The number of aliphatic hydroxyl groups is 1. The van der Waals surface area contributed by atoms with Crippen molar-refractivity contribution in [1.82, 2.24) is 10.6 Å². The topological polar surface area (TPSA) is 44.3 Å². The van der Waals surface area contributed by atoms with E-state index in [1.807, 2.05) is 0 Å². The number of hydrogen-bond acceptors (Lipinski definition) is 3. The summed E-state index contributed by atoms with van der Waals surface area (Å²) in [5.41, 5.74) is 0. The molecule has 1 aliphatic heterocycles. The zero-order valence-electron chi connectivity index (χ0n) is 9.42. The van der Waals surface area contributed by atoms with Crippen LogP contribution in [-0.2, 0) is 0 Å². The third kappa shape index (κ3) is 4.40. The Kier molecular flexibility index (Phi) is 5.45. The predicted molar refractivity (Wildman–Crippen MR) is 59.4 cm³/mol. The average molecular weight is 200 g/mol. The summed E-state index contributed by atoms with van der Waals surface area (Å²) in [4.78, 5) is 0. The molecule has 0 bridgehead atoms. The highest BCUT2D eigenvalue weighted by Gasteiger charge is 2.21. The first-order chi connectivity index (χ1) is 6.72. The third-order valence-electron chi connectivity index (χ3n) is 2.90. The number of rotatable bonds is 6. The van der Waals surface area contributed by atoms with Gasteiger partial charge in [-0.1, -0.05) is 19.8 Å². The first-order valence-corrected chi connectivity index (χ1v) is 5.87. The average Bonchev–Trinajstić information content (AvgIpc) is 2.58. The van der Waals surface area contributed by atoms with E-state index in [2.05, 4.69) is 24.5 Å². The van der Waals surface area contributed by atoms with Gasteiger partial charge in [0.25, 0.3) is 0 Å². The van der Waals surface area contributed by atoms with Crippen molar-refractivity contribution < 1.29 is 5.11 Å². The highest BCUT2D eigenvalue weighted by atomic mass is 16.3. The van der Waals surface area contributed by atoms with Gasteiger partial charge in [-0.3, -0.25) is 0 Å². The Hall–Kier alpha value is -0.120. The number of nitrogens with one attached hydrogen (secondary N) is 2. The Balaban J connectivity index is 2.02. The molecule has 1 rings (SSSR count). The Morgan fingerprint density at radius 3 is 2.93 bits per heavy atom. The molecular weight excluding hydrogens is 176 g/mol. The van der Waals surface area contributed by atoms with E-state index in [1.165, 1.54) is 19.3 Å². The maximum atomic E-state index is 9.32. The van der Waals surface area contributed by atoms with E-state index >= 15 is 0 Å². The van der Waals surface area contributed by atoms with Crippen LogP contribution in [0.3, 0.4) is 0 Å². The molecule has 1 fully saturated rings. The van der Waals surface area contributed by atoms with Crippen molar-refractivity contribution in [3.63, 3.8) is 0 Å². The summed E-state index contributed by atoms with van der Waals surface area (Å²) < 4.78 is 0. The molecule has 0 aromatic rings. The number of aliphatic hydroxyl groups excluding tert-OH is 1. The van der Waals surface area contributed by atoms with Crippen molar-refractivity contribution in [2.45, 2.75) is 57.7 Å². The van der Waals surface area contributed by atoms with Crippen LogP contribution in [0.1, 0.15) is 39.5 Å². The van der Waals surface area contributed by atoms with Crippen molar-refractivity contribution >= 4 is 0 Å². The fourth-order valence-electron chi connectivity index (χ4n) is 1.91. The molecule has 1 heterocycles. The zero-order chi connectivity index (χ0) is 10.4. The summed E-state index contributed by atoms with van der Waals surface area (Å²) in [6.07, 6.45) is 4.59. The van der Waals surface area contributed by atoms with Crippen molar-refractivity contribution in [3.05, 3.63) is 0 Å². The van der Waals surface area contributed by atoms with Gasteiger partial charge in [-0.25, -0.2) is 0 Å². The lowest BCUT2D eigenvalue weighted by atomic mass is 10.1. The summed E-state index contributed by atoms with van der Waals surface area (Å²) in [5.74, 6) is 0. The van der Waals surface area contributed by atoms with Crippen LogP contribution in [0, 0.1) is 0 Å². The van der Waals surface area contributed by atoms with Crippen LogP contribution in [0.15, 0.2) is 0 Å². The van der Waals surface area contributed by atoms with Gasteiger partial charge in [0.1, 0.15) is 0 Å². The van der Waals surface area contributed by atoms with Gasteiger partial charge in [-0.15, -0.1) is 0 Å². The van der Waals surface area contributed by atoms with Gasteiger partial charge in [0.05, 0.1) is 6.10 Å². The van der Waals surface area contributed by atoms with Crippen molar-refractivity contribution in [3.8, 4) is 0 Å². The third-order valence-corrected chi connectivity index (χ3v) is 2.90. The molecule has 84 valence electrons. The van der Waals surface area contributed by atoms with Crippen LogP contribution < -0.4 is 10.6 Å². The quantitative estimate of drug-likeness (QED) is 0.596. The lowest BCUT2D eigenvalue weighted by molar-refractivity contribution is 0.193. The van der Waals surface area contributed by atoms with E-state index in [-0.39, 0.29) is 6.10 Å². The minimum absolute atomic E-state index is 0.132. The SMILES string of the molecule is CCCCC(C)NCC1CC(O)CN1. The van der Waals surface area contributed by atoms with Crippen LogP contribution in [0.2, 0.25) is 0 Å². The fraction of sp³-hybridized carbons (Fsp3) is 1.00. The van der Waals surface area contributed by atoms with Crippen molar-refractivity contribution in [2.75, 3.05) is 13.1 Å². The summed E-state index contributed by atoms with van der Waals surface area (Å²) in [6, 6.07) is 1.07. The van der Waals surface area contributed by atoms with Crippen LogP contribution in [0.25, 0.3) is 0 Å². The molecule has 0 amide bonds. The molecule has 0 saturated carbocycles. The second-order valence-electron chi connectivity index (χ2n) is 4.45. The maximum Gasteiger partial charge on any atom is 0.0680 e. The Morgan fingerprint density at radius 1 is 1.57 bits per heavy atom. The lowest BCUT2D eigenvalue weighted by Gasteiger charge is -2.16. The van der Waals surface area contributed by atoms with Crippen LogP contribution in [0.5, 0.6) is 0 Å². The minimum Gasteiger partial charge on any atom is -0.392 e. The molecule has 0 aromatic heterocycles. The number of hydrogen-bond donors (Lipinski definition) is 3. The molecule has 1 aliphatic rings. The van der Waals surface area contributed by atoms with Crippen molar-refractivity contribution in [1.29, 1.82) is 0 Å². The first-order valence-electron chi connectivity index (χ1n) is 5.87. The fourth-order valence-corrected chi connectivity index (χ4v) is 1.91. The van der Waals surface area contributed by atoms with E-state index in [9.17, 15) is 5.11 Å². The van der Waals surface area contributed by atoms with E-state index in [1.54, 1.807) is 0 Å². The number of β-amino-alcohol motifs (C(OH)–C–C–N with tert-alkyl or cyclic N) is 1. The molecule has 3 N–H and O–H groups in total. The van der Waals surface area contributed by atoms with Crippen molar-refractivity contribution in [2.24, 2.45) is 0 Å². The van der Waals surface area contributed by atoms with E-state index < -0.39 is 0 Å². The van der Waals surface area contributed by atoms with E-state index in [4.69, 9.17) is 0 Å². The largest absolute Gasteiger partial charge is 0.392 e. The molecule has 1 saturated heterocycles. The van der Waals surface area contributed by atoms with Crippen LogP contribution >= 0.6 is 0 Å². The smallest absolute Gasteiger partial charge is 0.0680 e. The molecule has 3 heteroatoms. The van der Waals surface area contributed by atoms with E-state index in [0.717, 1.165) is 19.5 Å². The molecule has 0 spiro atoms. The molecule has 3 nitrogen and oxygen atoms in total. The second-order valence-corrected chi connectivity index (χ2v) is 4.45. The Morgan fingerprint density at radius 2 is 2.36 bits per heavy atom. The standard InChI is InChI=1S/C11H24N2O/c1-3-4-5-9(2)12-7-10-6-11(14)8-13-10/h9-14H,3-8H2,1-2H3. The molecule has 3 atom stereocenters. The van der Waals surface area contributed by atoms with Crippen LogP contribution in [-0.4, -0.2) is 36.4 Å². The van der Waals surface area contributed by atoms with Gasteiger partial charge in [-0.2, -0.15) is 0 Å². The van der Waals surface area contributed by atoms with E-state index in [0.29, 0.717) is 12.1 Å². The minimum atomic E-state index is -0.132. The van der Waals surface area contributed by atoms with Gasteiger partial charge >= 0.3 is 0 Å². The maximum absolute atomic E-state index is 9.32. The predicted octanol–water partition coefficient (Wildman–Crippen LogP) is 0.877. The summed E-state index contributed by atoms with van der Waals surface area (Å²) >= 11 is 0. The number of unbranched alkanes of at least 4 members (excludes halogenated alkanes) is 1. The highest BCUT2D eigenvalue weighted by Crippen LogP contribution is 2.06. The molecule has 14 heavy (non-hydrogen) atoms. The Labute approximate surface area is 87.3 Å². The van der Waals surface area contributed by atoms with Gasteiger partial charge < -0.3 is 15.7 Å². The molecule has 0 aliphatic carbocycles. The van der Waals surface area contributed by atoms with Gasteiger partial charge in [0, 0.05) is 25.2 Å². The highest BCUT2D eigenvalue weighted by molar-refractivity contribution is 4.83. The normalized spacial score (nSPS) is 29.4. The van der Waals surface area contributed by atoms with Gasteiger partial charge in [-0.05, 0) is 19.8 Å². The molecule has 3 unspecified atom stereocenters. The molecule has 0 aromatic carbocycles. The Bertz CT molecular complexity index is 152. The zero-order valence-corrected chi connectivity index (χ0v) is 9.42. The van der Waals surface area contributed by atoms with Crippen LogP contribution in [0.4, 0.5) is 0 Å². The molecular formula is C11H24N2O. The lowest BCUT2D eigenvalue weighted by Crippen LogP contribution is -2.38. The monoisotopic (exact) mass is 200 g/mol. The molecule has 0 radical (unpaired) electrons. The summed E-state index contributed by atoms with van der Waals surface area (Å²) in [5, 5.41) is 16.1. The summed E-state index contributed by atoms with van der Waals surface area (Å²) in [6.45, 7) is 6.21. The summed E-state index contributed by atoms with van der Waals surface area (Å²) in [7, 11) is 0. The van der Waals surface area contributed by atoms with Gasteiger partial charge in [0.15, 0.2) is 0 Å².